The molecule has 0 saturated heterocycles. The smallest absolute Gasteiger partial charge is 0.321 e. The molecular weight excluding hydrogens is 250 g/mol. The summed E-state index contributed by atoms with van der Waals surface area (Å²) in [4.78, 5) is 15.6. The van der Waals surface area contributed by atoms with Gasteiger partial charge in [-0.15, -0.1) is 10.2 Å². The van der Waals surface area contributed by atoms with Gasteiger partial charge in [-0.25, -0.2) is 4.79 Å². The third kappa shape index (κ3) is 3.24. The van der Waals surface area contributed by atoms with E-state index in [1.807, 2.05) is 26.0 Å². The monoisotopic (exact) mass is 263 g/mol. The van der Waals surface area contributed by atoms with Gasteiger partial charge >= 0.3 is 6.03 Å². The molecule has 2 N–H and O–H groups in total. The molecule has 6 nitrogen and oxygen atoms in total. The molecule has 94 valence electrons. The summed E-state index contributed by atoms with van der Waals surface area (Å²) in [5, 5.41) is 14.4. The summed E-state index contributed by atoms with van der Waals surface area (Å²) < 4.78 is 0. The minimum Gasteiger partial charge on any atom is -0.331 e. The zero-order chi connectivity index (χ0) is 13.0. The van der Waals surface area contributed by atoms with Crippen molar-refractivity contribution in [3.05, 3.63) is 35.1 Å². The predicted octanol–water partition coefficient (Wildman–Crippen LogP) is 2.12. The minimum atomic E-state index is -0.296. The van der Waals surface area contributed by atoms with Gasteiger partial charge in [-0.05, 0) is 31.5 Å². The summed E-state index contributed by atoms with van der Waals surface area (Å²) >= 11 is 1.33. The second-order valence-corrected chi connectivity index (χ2v) is 4.91. The molecular formula is C11H13N5OS. The van der Waals surface area contributed by atoms with Gasteiger partial charge in [0, 0.05) is 12.4 Å². The van der Waals surface area contributed by atoms with Gasteiger partial charge in [0.2, 0.25) is 5.13 Å². The van der Waals surface area contributed by atoms with Crippen molar-refractivity contribution in [2.45, 2.75) is 19.9 Å². The van der Waals surface area contributed by atoms with Crippen LogP contribution in [0.3, 0.4) is 0 Å². The second-order valence-electron chi connectivity index (χ2n) is 3.73. The lowest BCUT2D eigenvalue weighted by Crippen LogP contribution is -2.31. The fraction of sp³-hybridized carbons (Fsp3) is 0.273. The maximum atomic E-state index is 11.7. The highest BCUT2D eigenvalue weighted by Crippen LogP contribution is 2.14. The largest absolute Gasteiger partial charge is 0.331 e. The van der Waals surface area contributed by atoms with Crippen LogP contribution < -0.4 is 10.6 Å². The first-order chi connectivity index (χ1) is 8.65. The number of pyridine rings is 1. The molecule has 2 aromatic rings. The molecule has 0 bridgehead atoms. The van der Waals surface area contributed by atoms with Crippen molar-refractivity contribution in [3.8, 4) is 0 Å². The Labute approximate surface area is 108 Å². The van der Waals surface area contributed by atoms with Crippen molar-refractivity contribution in [3.63, 3.8) is 0 Å². The Bertz CT molecular complexity index is 527. The molecule has 2 heterocycles. The number of aromatic nitrogens is 3. The van der Waals surface area contributed by atoms with Crippen LogP contribution in [0.5, 0.6) is 0 Å². The number of urea groups is 1. The standard InChI is InChI=1S/C11H13N5OS/c1-7(9-3-5-12-6-4-9)13-10(17)14-11-16-15-8(2)18-11/h3-7H,1-2H3,(H2,13,14,16,17)/t7-/m0/s1. The minimum absolute atomic E-state index is 0.0954. The van der Waals surface area contributed by atoms with Crippen LogP contribution >= 0.6 is 11.3 Å². The molecule has 0 fully saturated rings. The van der Waals surface area contributed by atoms with Crippen molar-refractivity contribution in [1.82, 2.24) is 20.5 Å². The van der Waals surface area contributed by atoms with E-state index in [-0.39, 0.29) is 12.1 Å². The molecule has 0 saturated carbocycles. The van der Waals surface area contributed by atoms with E-state index < -0.39 is 0 Å². The molecule has 0 unspecified atom stereocenters. The zero-order valence-electron chi connectivity index (χ0n) is 10.0. The Kier molecular flexibility index (Phi) is 3.83. The van der Waals surface area contributed by atoms with Gasteiger partial charge < -0.3 is 5.32 Å². The molecule has 0 aliphatic heterocycles. The Morgan fingerprint density at radius 3 is 2.67 bits per heavy atom. The molecule has 7 heteroatoms. The first-order valence-corrected chi connectivity index (χ1v) is 6.24. The molecule has 0 aliphatic rings. The van der Waals surface area contributed by atoms with Crippen LogP contribution in [-0.2, 0) is 0 Å². The van der Waals surface area contributed by atoms with Crippen molar-refractivity contribution >= 4 is 22.5 Å². The molecule has 18 heavy (non-hydrogen) atoms. The fourth-order valence-corrected chi connectivity index (χ4v) is 2.00. The molecule has 0 spiro atoms. The van der Waals surface area contributed by atoms with Gasteiger partial charge in [0.1, 0.15) is 5.01 Å². The van der Waals surface area contributed by atoms with Crippen LogP contribution in [0.4, 0.5) is 9.93 Å². The van der Waals surface area contributed by atoms with Crippen LogP contribution in [0.1, 0.15) is 23.5 Å². The first kappa shape index (κ1) is 12.4. The summed E-state index contributed by atoms with van der Waals surface area (Å²) in [5.74, 6) is 0. The van der Waals surface area contributed by atoms with Crippen molar-refractivity contribution in [2.24, 2.45) is 0 Å². The summed E-state index contributed by atoms with van der Waals surface area (Å²) in [5.41, 5.74) is 0.994. The highest BCUT2D eigenvalue weighted by molar-refractivity contribution is 7.15. The van der Waals surface area contributed by atoms with Gasteiger partial charge in [0.25, 0.3) is 0 Å². The Balaban J connectivity index is 1.92. The van der Waals surface area contributed by atoms with E-state index in [0.717, 1.165) is 10.6 Å². The average Bonchev–Trinajstić information content (AvgIpc) is 2.75. The number of hydrogen-bond acceptors (Lipinski definition) is 5. The first-order valence-electron chi connectivity index (χ1n) is 5.42. The molecule has 2 aromatic heterocycles. The van der Waals surface area contributed by atoms with Crippen molar-refractivity contribution in [1.29, 1.82) is 0 Å². The van der Waals surface area contributed by atoms with Gasteiger partial charge in [-0.3, -0.25) is 10.3 Å². The van der Waals surface area contributed by atoms with E-state index in [1.165, 1.54) is 11.3 Å². The van der Waals surface area contributed by atoms with E-state index in [1.54, 1.807) is 12.4 Å². The number of nitrogens with zero attached hydrogens (tertiary/aromatic N) is 3. The SMILES string of the molecule is Cc1nnc(NC(=O)N[C@@H](C)c2ccncc2)s1. The lowest BCUT2D eigenvalue weighted by molar-refractivity contribution is 0.249. The summed E-state index contributed by atoms with van der Waals surface area (Å²) in [7, 11) is 0. The predicted molar refractivity (Wildman–Crippen MR) is 69.5 cm³/mol. The van der Waals surface area contributed by atoms with Gasteiger partial charge in [-0.1, -0.05) is 11.3 Å². The van der Waals surface area contributed by atoms with Crippen LogP contribution in [0.15, 0.2) is 24.5 Å². The maximum Gasteiger partial charge on any atom is 0.321 e. The zero-order valence-corrected chi connectivity index (χ0v) is 10.9. The van der Waals surface area contributed by atoms with E-state index >= 15 is 0 Å². The highest BCUT2D eigenvalue weighted by Gasteiger charge is 2.10. The van der Waals surface area contributed by atoms with E-state index in [2.05, 4.69) is 25.8 Å². The topological polar surface area (TPSA) is 79.8 Å². The quantitative estimate of drug-likeness (QED) is 0.889. The number of hydrogen-bond donors (Lipinski definition) is 2. The number of nitrogens with one attached hydrogen (secondary N) is 2. The van der Waals surface area contributed by atoms with Crippen molar-refractivity contribution < 1.29 is 4.79 Å². The number of anilines is 1. The third-order valence-electron chi connectivity index (χ3n) is 2.30. The lowest BCUT2D eigenvalue weighted by Gasteiger charge is -2.13. The second kappa shape index (κ2) is 5.54. The fourth-order valence-electron chi connectivity index (χ4n) is 1.41. The molecule has 1 atom stereocenters. The van der Waals surface area contributed by atoms with Gasteiger partial charge in [-0.2, -0.15) is 0 Å². The number of amides is 2. The van der Waals surface area contributed by atoms with Crippen LogP contribution in [0.2, 0.25) is 0 Å². The Hall–Kier alpha value is -2.02. The van der Waals surface area contributed by atoms with E-state index in [9.17, 15) is 4.79 Å². The number of rotatable bonds is 3. The Morgan fingerprint density at radius 1 is 1.33 bits per heavy atom. The average molecular weight is 263 g/mol. The summed E-state index contributed by atoms with van der Waals surface area (Å²) in [6.07, 6.45) is 3.39. The highest BCUT2D eigenvalue weighted by atomic mass is 32.1. The normalized spacial score (nSPS) is 11.9. The molecule has 2 rings (SSSR count). The lowest BCUT2D eigenvalue weighted by atomic mass is 10.1. The van der Waals surface area contributed by atoms with Crippen LogP contribution in [0.25, 0.3) is 0 Å². The number of carbonyl (C=O) groups is 1. The van der Waals surface area contributed by atoms with E-state index in [0.29, 0.717) is 5.13 Å². The molecule has 0 aromatic carbocycles. The Morgan fingerprint density at radius 2 is 2.06 bits per heavy atom. The number of carbonyl (C=O) groups excluding carboxylic acids is 1. The summed E-state index contributed by atoms with van der Waals surface area (Å²) in [6.45, 7) is 3.74. The maximum absolute atomic E-state index is 11.7. The number of aryl methyl sites for hydroxylation is 1. The van der Waals surface area contributed by atoms with Crippen LogP contribution in [0, 0.1) is 6.92 Å². The van der Waals surface area contributed by atoms with Gasteiger partial charge in [0.15, 0.2) is 0 Å². The van der Waals surface area contributed by atoms with Gasteiger partial charge in [0.05, 0.1) is 6.04 Å². The van der Waals surface area contributed by atoms with E-state index in [4.69, 9.17) is 0 Å². The van der Waals surface area contributed by atoms with Crippen molar-refractivity contribution in [2.75, 3.05) is 5.32 Å². The molecule has 0 aliphatic carbocycles. The third-order valence-corrected chi connectivity index (χ3v) is 3.05. The molecule has 0 radical (unpaired) electrons. The van der Waals surface area contributed by atoms with Crippen LogP contribution in [-0.4, -0.2) is 21.2 Å². The molecule has 2 amide bonds. The summed E-state index contributed by atoms with van der Waals surface area (Å²) in [6, 6.07) is 3.33.